The Balaban J connectivity index is 1.81. The van der Waals surface area contributed by atoms with Crippen LogP contribution in [0.1, 0.15) is 5.56 Å². The standard InChI is InChI=1S/C41H31ClO2S2/c1-26-10-7-13-29(22-26)38-39(30-23-32(43-2)25-33(24-30)44-3)36(27-11-5-4-6-12-27)37(28-16-18-31(42)19-17-28)40(34-14-8-20-45-34)41(38)35-15-9-21-46-35/h4-25H,1-3H3. The van der Waals surface area contributed by atoms with E-state index in [9.17, 15) is 0 Å². The molecule has 0 amide bonds. The molecule has 0 unspecified atom stereocenters. The summed E-state index contributed by atoms with van der Waals surface area (Å²) in [5.74, 6) is 1.47. The van der Waals surface area contributed by atoms with Crippen molar-refractivity contribution in [1.82, 2.24) is 0 Å². The molecule has 2 aromatic heterocycles. The summed E-state index contributed by atoms with van der Waals surface area (Å²) in [6.07, 6.45) is 0. The van der Waals surface area contributed by atoms with Crippen LogP contribution in [0.15, 0.2) is 132 Å². The van der Waals surface area contributed by atoms with Gasteiger partial charge in [0, 0.05) is 32.0 Å². The highest BCUT2D eigenvalue weighted by Crippen LogP contribution is 2.57. The number of hydrogen-bond donors (Lipinski definition) is 0. The zero-order chi connectivity index (χ0) is 31.6. The number of thiophene rings is 2. The van der Waals surface area contributed by atoms with E-state index >= 15 is 0 Å². The van der Waals surface area contributed by atoms with Crippen LogP contribution >= 0.6 is 34.3 Å². The Kier molecular flexibility index (Phi) is 8.51. The molecule has 226 valence electrons. The maximum atomic E-state index is 6.50. The Hall–Kier alpha value is -4.61. The van der Waals surface area contributed by atoms with Gasteiger partial charge in [-0.2, -0.15) is 0 Å². The topological polar surface area (TPSA) is 18.5 Å². The van der Waals surface area contributed by atoms with Gasteiger partial charge in [-0.15, -0.1) is 22.7 Å². The van der Waals surface area contributed by atoms with Crippen LogP contribution in [0.3, 0.4) is 0 Å². The minimum absolute atomic E-state index is 0.704. The zero-order valence-corrected chi connectivity index (χ0v) is 28.1. The van der Waals surface area contributed by atoms with E-state index in [1.165, 1.54) is 32.0 Å². The molecule has 0 aliphatic rings. The Labute approximate surface area is 283 Å². The van der Waals surface area contributed by atoms with Gasteiger partial charge in [-0.3, -0.25) is 0 Å². The van der Waals surface area contributed by atoms with E-state index in [0.29, 0.717) is 5.02 Å². The molecule has 0 N–H and O–H groups in total. The molecular weight excluding hydrogens is 624 g/mol. The number of hydrogen-bond acceptors (Lipinski definition) is 4. The number of aryl methyl sites for hydroxylation is 1. The molecule has 0 aliphatic heterocycles. The van der Waals surface area contributed by atoms with E-state index in [1.807, 2.05) is 18.2 Å². The summed E-state index contributed by atoms with van der Waals surface area (Å²) in [7, 11) is 3.41. The van der Waals surface area contributed by atoms with Crippen molar-refractivity contribution in [2.24, 2.45) is 0 Å². The fourth-order valence-electron chi connectivity index (χ4n) is 6.21. The molecule has 46 heavy (non-hydrogen) atoms. The van der Waals surface area contributed by atoms with Gasteiger partial charge in [0.1, 0.15) is 11.5 Å². The van der Waals surface area contributed by atoms with Gasteiger partial charge in [0.2, 0.25) is 0 Å². The molecule has 0 saturated heterocycles. The molecule has 2 heterocycles. The average Bonchev–Trinajstić information content (AvgIpc) is 3.83. The summed E-state index contributed by atoms with van der Waals surface area (Å²) < 4.78 is 11.7. The highest BCUT2D eigenvalue weighted by atomic mass is 35.5. The number of benzene rings is 5. The fraction of sp³-hybridized carbons (Fsp3) is 0.0732. The third-order valence-corrected chi connectivity index (χ3v) is 10.2. The van der Waals surface area contributed by atoms with E-state index in [4.69, 9.17) is 21.1 Å². The largest absolute Gasteiger partial charge is 0.497 e. The number of ether oxygens (including phenoxy) is 2. The molecule has 0 aliphatic carbocycles. The third kappa shape index (κ3) is 5.65. The van der Waals surface area contributed by atoms with Crippen molar-refractivity contribution in [3.8, 4) is 76.9 Å². The second-order valence-electron chi connectivity index (χ2n) is 11.0. The van der Waals surface area contributed by atoms with E-state index in [0.717, 1.165) is 50.4 Å². The summed E-state index contributed by atoms with van der Waals surface area (Å²) in [5.41, 5.74) is 12.5. The highest BCUT2D eigenvalue weighted by molar-refractivity contribution is 7.14. The normalized spacial score (nSPS) is 11.0. The predicted molar refractivity (Wildman–Crippen MR) is 198 cm³/mol. The van der Waals surface area contributed by atoms with E-state index < -0.39 is 0 Å². The van der Waals surface area contributed by atoms with Crippen molar-refractivity contribution >= 4 is 34.3 Å². The first-order chi connectivity index (χ1) is 22.6. The fourth-order valence-corrected chi connectivity index (χ4v) is 7.90. The summed E-state index contributed by atoms with van der Waals surface area (Å²) in [6, 6.07) is 42.7. The van der Waals surface area contributed by atoms with Gasteiger partial charge in [-0.05, 0) is 98.6 Å². The Morgan fingerprint density at radius 3 is 1.52 bits per heavy atom. The summed E-state index contributed by atoms with van der Waals surface area (Å²) in [6.45, 7) is 2.16. The zero-order valence-electron chi connectivity index (χ0n) is 25.7. The van der Waals surface area contributed by atoms with Gasteiger partial charge >= 0.3 is 0 Å². The summed E-state index contributed by atoms with van der Waals surface area (Å²) in [5, 5.41) is 5.03. The maximum absolute atomic E-state index is 6.50. The first-order valence-electron chi connectivity index (χ1n) is 15.0. The quantitative estimate of drug-likeness (QED) is 0.162. The molecule has 5 aromatic carbocycles. The molecular formula is C41H31ClO2S2. The van der Waals surface area contributed by atoms with Crippen LogP contribution in [-0.2, 0) is 0 Å². The second-order valence-corrected chi connectivity index (χ2v) is 13.4. The lowest BCUT2D eigenvalue weighted by Crippen LogP contribution is -2.01. The SMILES string of the molecule is COc1cc(OC)cc(-c2c(-c3ccccc3)c(-c3ccc(Cl)cc3)c(-c3cccs3)c(-c3cccs3)c2-c2cccc(C)c2)c1. The van der Waals surface area contributed by atoms with Crippen molar-refractivity contribution in [3.05, 3.63) is 143 Å². The minimum Gasteiger partial charge on any atom is -0.497 e. The van der Waals surface area contributed by atoms with Gasteiger partial charge < -0.3 is 9.47 Å². The highest BCUT2D eigenvalue weighted by Gasteiger charge is 2.30. The van der Waals surface area contributed by atoms with Crippen molar-refractivity contribution < 1.29 is 9.47 Å². The molecule has 0 bridgehead atoms. The number of halogens is 1. The Morgan fingerprint density at radius 1 is 0.457 bits per heavy atom. The third-order valence-electron chi connectivity index (χ3n) is 8.18. The summed E-state index contributed by atoms with van der Waals surface area (Å²) in [4.78, 5) is 2.40. The van der Waals surface area contributed by atoms with Gasteiger partial charge in [-0.25, -0.2) is 0 Å². The van der Waals surface area contributed by atoms with Gasteiger partial charge in [-0.1, -0.05) is 96.0 Å². The number of methoxy groups -OCH3 is 2. The van der Waals surface area contributed by atoms with Gasteiger partial charge in [0.05, 0.1) is 14.2 Å². The Bertz CT molecular complexity index is 2090. The predicted octanol–water partition coefficient (Wildman–Crippen LogP) is 12.8. The summed E-state index contributed by atoms with van der Waals surface area (Å²) >= 11 is 10.0. The molecule has 7 aromatic rings. The van der Waals surface area contributed by atoms with Crippen LogP contribution in [-0.4, -0.2) is 14.2 Å². The smallest absolute Gasteiger partial charge is 0.123 e. The lowest BCUT2D eigenvalue weighted by molar-refractivity contribution is 0.394. The van der Waals surface area contributed by atoms with Crippen LogP contribution in [0.5, 0.6) is 11.5 Å². The lowest BCUT2D eigenvalue weighted by Gasteiger charge is -2.28. The van der Waals surface area contributed by atoms with Crippen molar-refractivity contribution in [3.63, 3.8) is 0 Å². The van der Waals surface area contributed by atoms with Crippen molar-refractivity contribution in [2.45, 2.75) is 6.92 Å². The lowest BCUT2D eigenvalue weighted by atomic mass is 9.76. The van der Waals surface area contributed by atoms with E-state index in [-0.39, 0.29) is 0 Å². The number of rotatable bonds is 8. The maximum Gasteiger partial charge on any atom is 0.123 e. The van der Waals surface area contributed by atoms with Crippen LogP contribution in [0.2, 0.25) is 5.02 Å². The van der Waals surface area contributed by atoms with Crippen LogP contribution in [0.25, 0.3) is 65.4 Å². The molecule has 0 radical (unpaired) electrons. The first-order valence-corrected chi connectivity index (χ1v) is 17.1. The minimum atomic E-state index is 0.704. The monoisotopic (exact) mass is 654 g/mol. The molecule has 0 atom stereocenters. The molecule has 0 spiro atoms. The molecule has 5 heteroatoms. The second kappa shape index (κ2) is 13.0. The Morgan fingerprint density at radius 2 is 0.978 bits per heavy atom. The molecule has 2 nitrogen and oxygen atoms in total. The van der Waals surface area contributed by atoms with Gasteiger partial charge in [0.15, 0.2) is 0 Å². The van der Waals surface area contributed by atoms with E-state index in [2.05, 4.69) is 121 Å². The van der Waals surface area contributed by atoms with E-state index in [1.54, 1.807) is 36.9 Å². The van der Waals surface area contributed by atoms with Crippen LogP contribution < -0.4 is 9.47 Å². The van der Waals surface area contributed by atoms with Crippen molar-refractivity contribution in [1.29, 1.82) is 0 Å². The molecule has 7 rings (SSSR count). The first kappa shape index (κ1) is 30.1. The molecule has 0 saturated carbocycles. The van der Waals surface area contributed by atoms with Crippen molar-refractivity contribution in [2.75, 3.05) is 14.2 Å². The average molecular weight is 655 g/mol. The van der Waals surface area contributed by atoms with Crippen LogP contribution in [0.4, 0.5) is 0 Å². The van der Waals surface area contributed by atoms with Gasteiger partial charge in [0.25, 0.3) is 0 Å². The van der Waals surface area contributed by atoms with Crippen LogP contribution in [0, 0.1) is 6.92 Å². The molecule has 0 fully saturated rings.